The highest BCUT2D eigenvalue weighted by Crippen LogP contribution is 2.36. The molecular weight excluding hydrogens is 400 g/mol. The van der Waals surface area contributed by atoms with Gasteiger partial charge in [-0.15, -0.1) is 0 Å². The summed E-state index contributed by atoms with van der Waals surface area (Å²) >= 11 is 0. The highest BCUT2D eigenvalue weighted by molar-refractivity contribution is 6.14. The SMILES string of the molecule is COc1cccc(/C=C2\Oc3cc(OC(=O)c4ccc5c(c4)OCO5)ccc3C2=O)c1. The Morgan fingerprint density at radius 2 is 1.81 bits per heavy atom. The molecule has 0 saturated carbocycles. The van der Waals surface area contributed by atoms with Crippen LogP contribution in [0.3, 0.4) is 0 Å². The molecule has 31 heavy (non-hydrogen) atoms. The van der Waals surface area contributed by atoms with Gasteiger partial charge in [-0.3, -0.25) is 4.79 Å². The molecule has 2 aliphatic heterocycles. The van der Waals surface area contributed by atoms with Crippen LogP contribution in [0.1, 0.15) is 26.3 Å². The fraction of sp³-hybridized carbons (Fsp3) is 0.0833. The Labute approximate surface area is 177 Å². The Morgan fingerprint density at radius 1 is 0.935 bits per heavy atom. The van der Waals surface area contributed by atoms with Crippen molar-refractivity contribution in [2.45, 2.75) is 0 Å². The number of methoxy groups -OCH3 is 1. The summed E-state index contributed by atoms with van der Waals surface area (Å²) in [4.78, 5) is 25.2. The molecule has 2 aliphatic rings. The number of ketones is 1. The summed E-state index contributed by atoms with van der Waals surface area (Å²) in [5, 5.41) is 0. The highest BCUT2D eigenvalue weighted by Gasteiger charge is 2.28. The van der Waals surface area contributed by atoms with E-state index in [2.05, 4.69) is 0 Å². The Kier molecular flexibility index (Phi) is 4.55. The van der Waals surface area contributed by atoms with E-state index in [1.54, 1.807) is 49.6 Å². The van der Waals surface area contributed by atoms with Crippen LogP contribution in [0.4, 0.5) is 0 Å². The quantitative estimate of drug-likeness (QED) is 0.357. The van der Waals surface area contributed by atoms with Crippen LogP contribution in [-0.2, 0) is 0 Å². The summed E-state index contributed by atoms with van der Waals surface area (Å²) in [6, 6.07) is 16.7. The second-order valence-electron chi connectivity index (χ2n) is 6.83. The second-order valence-corrected chi connectivity index (χ2v) is 6.83. The molecular formula is C24H16O7. The maximum absolute atomic E-state index is 12.7. The molecule has 0 saturated heterocycles. The van der Waals surface area contributed by atoms with Gasteiger partial charge in [-0.05, 0) is 54.1 Å². The molecule has 7 nitrogen and oxygen atoms in total. The maximum Gasteiger partial charge on any atom is 0.343 e. The summed E-state index contributed by atoms with van der Waals surface area (Å²) in [7, 11) is 1.58. The lowest BCUT2D eigenvalue weighted by molar-refractivity contribution is 0.0734. The molecule has 7 heteroatoms. The topological polar surface area (TPSA) is 80.3 Å². The van der Waals surface area contributed by atoms with Crippen LogP contribution in [-0.4, -0.2) is 25.7 Å². The first kappa shape index (κ1) is 18.7. The number of esters is 1. The van der Waals surface area contributed by atoms with E-state index in [9.17, 15) is 9.59 Å². The van der Waals surface area contributed by atoms with Crippen molar-refractivity contribution in [1.82, 2.24) is 0 Å². The first-order chi connectivity index (χ1) is 15.1. The molecule has 0 fully saturated rings. The van der Waals surface area contributed by atoms with E-state index < -0.39 is 5.97 Å². The summed E-state index contributed by atoms with van der Waals surface area (Å²) in [6.07, 6.45) is 1.64. The largest absolute Gasteiger partial charge is 0.497 e. The van der Waals surface area contributed by atoms with Gasteiger partial charge < -0.3 is 23.7 Å². The molecule has 0 amide bonds. The van der Waals surface area contributed by atoms with Gasteiger partial charge in [-0.1, -0.05) is 12.1 Å². The van der Waals surface area contributed by atoms with Crippen molar-refractivity contribution < 1.29 is 33.3 Å². The minimum absolute atomic E-state index is 0.121. The van der Waals surface area contributed by atoms with Crippen molar-refractivity contribution >= 4 is 17.8 Å². The third-order valence-electron chi connectivity index (χ3n) is 4.85. The maximum atomic E-state index is 12.7. The van der Waals surface area contributed by atoms with Gasteiger partial charge >= 0.3 is 5.97 Å². The predicted octanol–water partition coefficient (Wildman–Crippen LogP) is 4.26. The van der Waals surface area contributed by atoms with Crippen LogP contribution >= 0.6 is 0 Å². The molecule has 0 spiro atoms. The third kappa shape index (κ3) is 3.57. The van der Waals surface area contributed by atoms with E-state index in [1.807, 2.05) is 18.2 Å². The lowest BCUT2D eigenvalue weighted by Gasteiger charge is -2.06. The fourth-order valence-corrected chi connectivity index (χ4v) is 3.30. The standard InChI is InChI=1S/C24H16O7/c1-27-16-4-2-3-14(9-16)10-22-23(25)18-7-6-17(12-20(18)31-22)30-24(26)15-5-8-19-21(11-15)29-13-28-19/h2-12H,13H2,1H3/b22-10-. The number of hydrogen-bond donors (Lipinski definition) is 0. The highest BCUT2D eigenvalue weighted by atomic mass is 16.7. The molecule has 0 unspecified atom stereocenters. The van der Waals surface area contributed by atoms with Gasteiger partial charge in [0.2, 0.25) is 12.6 Å². The van der Waals surface area contributed by atoms with E-state index in [0.717, 1.165) is 5.56 Å². The molecule has 0 bridgehead atoms. The van der Waals surface area contributed by atoms with Gasteiger partial charge in [-0.2, -0.15) is 0 Å². The van der Waals surface area contributed by atoms with Crippen LogP contribution in [0.25, 0.3) is 6.08 Å². The van der Waals surface area contributed by atoms with Crippen molar-refractivity contribution in [1.29, 1.82) is 0 Å². The molecule has 0 atom stereocenters. The van der Waals surface area contributed by atoms with Crippen molar-refractivity contribution in [3.8, 4) is 28.7 Å². The first-order valence-corrected chi connectivity index (χ1v) is 9.45. The zero-order chi connectivity index (χ0) is 21.4. The van der Waals surface area contributed by atoms with Crippen LogP contribution in [0.2, 0.25) is 0 Å². The Balaban J connectivity index is 1.35. The van der Waals surface area contributed by atoms with E-state index in [4.69, 9.17) is 23.7 Å². The number of rotatable bonds is 4. The van der Waals surface area contributed by atoms with Gasteiger partial charge in [0, 0.05) is 6.07 Å². The molecule has 154 valence electrons. The molecule has 2 heterocycles. The number of allylic oxidation sites excluding steroid dienone is 1. The average Bonchev–Trinajstić information content (AvgIpc) is 3.37. The summed E-state index contributed by atoms with van der Waals surface area (Å²) in [5.41, 5.74) is 1.49. The number of carbonyl (C=O) groups excluding carboxylic acids is 2. The smallest absolute Gasteiger partial charge is 0.343 e. The predicted molar refractivity (Wildman–Crippen MR) is 110 cm³/mol. The summed E-state index contributed by atoms with van der Waals surface area (Å²) in [5.74, 6) is 1.71. The minimum Gasteiger partial charge on any atom is -0.497 e. The molecule has 0 N–H and O–H groups in total. The van der Waals surface area contributed by atoms with Gasteiger partial charge in [0.15, 0.2) is 17.3 Å². The van der Waals surface area contributed by atoms with Gasteiger partial charge in [0.25, 0.3) is 0 Å². The second kappa shape index (κ2) is 7.53. The zero-order valence-corrected chi connectivity index (χ0v) is 16.4. The summed E-state index contributed by atoms with van der Waals surface area (Å²) in [6.45, 7) is 0.121. The van der Waals surface area contributed by atoms with Crippen LogP contribution in [0, 0.1) is 0 Å². The number of Topliss-reactive ketones (excluding diaryl/α,β-unsaturated/α-hetero) is 1. The number of fused-ring (bicyclic) bond motifs is 2. The minimum atomic E-state index is -0.560. The summed E-state index contributed by atoms with van der Waals surface area (Å²) < 4.78 is 26.9. The number of benzene rings is 3. The van der Waals surface area contributed by atoms with E-state index >= 15 is 0 Å². The normalized spacial score (nSPS) is 14.9. The van der Waals surface area contributed by atoms with Gasteiger partial charge in [0.05, 0.1) is 18.2 Å². The Bertz CT molecular complexity index is 1240. The van der Waals surface area contributed by atoms with Crippen LogP contribution in [0.15, 0.2) is 66.4 Å². The van der Waals surface area contributed by atoms with Crippen molar-refractivity contribution in [2.24, 2.45) is 0 Å². The number of ether oxygens (including phenoxy) is 5. The van der Waals surface area contributed by atoms with Gasteiger partial charge in [0.1, 0.15) is 17.2 Å². The van der Waals surface area contributed by atoms with E-state index in [1.165, 1.54) is 6.07 Å². The Hall–Kier alpha value is -4.26. The van der Waals surface area contributed by atoms with Gasteiger partial charge in [-0.25, -0.2) is 4.79 Å². The lowest BCUT2D eigenvalue weighted by Crippen LogP contribution is -2.08. The fourth-order valence-electron chi connectivity index (χ4n) is 3.30. The Morgan fingerprint density at radius 3 is 2.68 bits per heavy atom. The molecule has 3 aromatic rings. The van der Waals surface area contributed by atoms with Crippen molar-refractivity contribution in [3.05, 3.63) is 83.1 Å². The van der Waals surface area contributed by atoms with Crippen LogP contribution < -0.4 is 23.7 Å². The lowest BCUT2D eigenvalue weighted by atomic mass is 10.1. The monoisotopic (exact) mass is 416 g/mol. The number of carbonyl (C=O) groups is 2. The van der Waals surface area contributed by atoms with Crippen LogP contribution in [0.5, 0.6) is 28.7 Å². The molecule has 3 aromatic carbocycles. The molecule has 0 aliphatic carbocycles. The van der Waals surface area contributed by atoms with E-state index in [0.29, 0.717) is 34.1 Å². The van der Waals surface area contributed by atoms with Crippen molar-refractivity contribution in [2.75, 3.05) is 13.9 Å². The van der Waals surface area contributed by atoms with Crippen molar-refractivity contribution in [3.63, 3.8) is 0 Å². The zero-order valence-electron chi connectivity index (χ0n) is 16.4. The molecule has 5 rings (SSSR count). The molecule has 0 aromatic heterocycles. The third-order valence-corrected chi connectivity index (χ3v) is 4.85. The average molecular weight is 416 g/mol. The molecule has 0 radical (unpaired) electrons. The number of hydrogen-bond acceptors (Lipinski definition) is 7. The first-order valence-electron chi connectivity index (χ1n) is 9.45. The van der Waals surface area contributed by atoms with E-state index in [-0.39, 0.29) is 24.1 Å².